The smallest absolute Gasteiger partial charge is 0.267 e. The summed E-state index contributed by atoms with van der Waals surface area (Å²) in [6, 6.07) is 15.8. The van der Waals surface area contributed by atoms with Gasteiger partial charge in [0.25, 0.3) is 11.5 Å². The van der Waals surface area contributed by atoms with Crippen molar-refractivity contribution in [3.8, 4) is 17.5 Å². The predicted molar refractivity (Wildman–Crippen MR) is 157 cm³/mol. The molecule has 5 aromatic rings. The summed E-state index contributed by atoms with van der Waals surface area (Å²) in [5, 5.41) is 10.9. The highest BCUT2D eigenvalue weighted by atomic mass is 16.2. The van der Waals surface area contributed by atoms with E-state index < -0.39 is 11.9 Å². The van der Waals surface area contributed by atoms with Crippen molar-refractivity contribution in [3.63, 3.8) is 0 Å². The molecule has 2 aromatic carbocycles. The van der Waals surface area contributed by atoms with Gasteiger partial charge in [-0.15, -0.1) is 5.10 Å². The molecule has 11 nitrogen and oxygen atoms in total. The molecule has 1 aliphatic heterocycles. The van der Waals surface area contributed by atoms with Gasteiger partial charge in [-0.25, -0.2) is 14.5 Å². The number of nitrogens with zero attached hydrogens (tertiary/aromatic N) is 6. The number of aromatic nitrogens is 5. The second kappa shape index (κ2) is 11.2. The van der Waals surface area contributed by atoms with Gasteiger partial charge in [0.1, 0.15) is 11.4 Å². The minimum Gasteiger partial charge on any atom is -0.381 e. The third kappa shape index (κ3) is 5.14. The molecule has 4 N–H and O–H groups in total. The van der Waals surface area contributed by atoms with E-state index in [0.29, 0.717) is 40.2 Å². The first-order valence-corrected chi connectivity index (χ1v) is 13.4. The predicted octanol–water partition coefficient (Wildman–Crippen LogP) is 1.76. The van der Waals surface area contributed by atoms with Crippen molar-refractivity contribution in [2.75, 3.05) is 38.5 Å². The monoisotopic (exact) mass is 547 g/mol. The molecule has 0 radical (unpaired) electrons. The van der Waals surface area contributed by atoms with E-state index in [4.69, 9.17) is 10.7 Å². The number of hydrogen-bond donors (Lipinski definition) is 3. The van der Waals surface area contributed by atoms with Crippen molar-refractivity contribution in [1.82, 2.24) is 39.7 Å². The van der Waals surface area contributed by atoms with Crippen LogP contribution < -0.4 is 21.9 Å². The van der Waals surface area contributed by atoms with Gasteiger partial charge in [0.15, 0.2) is 11.5 Å². The highest BCUT2D eigenvalue weighted by molar-refractivity contribution is 6.04. The third-order valence-electron chi connectivity index (χ3n) is 7.06. The molecule has 0 aliphatic carbocycles. The maximum absolute atomic E-state index is 14.2. The zero-order valence-corrected chi connectivity index (χ0v) is 22.5. The number of nitrogens with two attached hydrogens (primary N) is 1. The van der Waals surface area contributed by atoms with Crippen LogP contribution in [-0.2, 0) is 0 Å². The van der Waals surface area contributed by atoms with Gasteiger partial charge in [-0.3, -0.25) is 19.1 Å². The summed E-state index contributed by atoms with van der Waals surface area (Å²) in [6.07, 6.45) is 3.24. The number of nitrogens with one attached hydrogen (secondary N) is 2. The summed E-state index contributed by atoms with van der Waals surface area (Å²) in [5.41, 5.74) is 8.06. The number of carbonyl (C=O) groups is 1. The van der Waals surface area contributed by atoms with Crippen molar-refractivity contribution < 1.29 is 4.79 Å². The number of rotatable bonds is 5. The Kier molecular flexibility index (Phi) is 7.16. The van der Waals surface area contributed by atoms with Crippen LogP contribution >= 0.6 is 0 Å². The third-order valence-corrected chi connectivity index (χ3v) is 7.06. The number of amides is 1. The lowest BCUT2D eigenvalue weighted by Gasteiger charge is -2.24. The van der Waals surface area contributed by atoms with Crippen molar-refractivity contribution in [1.29, 1.82) is 0 Å². The van der Waals surface area contributed by atoms with Gasteiger partial charge in [-0.05, 0) is 37.3 Å². The Balaban J connectivity index is 1.41. The fourth-order valence-electron chi connectivity index (χ4n) is 5.04. The fraction of sp³-hybridized carbons (Fsp3) is 0.233. The molecule has 1 saturated heterocycles. The molecule has 1 fully saturated rings. The van der Waals surface area contributed by atoms with E-state index in [0.717, 1.165) is 26.2 Å². The Morgan fingerprint density at radius 1 is 1.12 bits per heavy atom. The first-order chi connectivity index (χ1) is 20.0. The van der Waals surface area contributed by atoms with Gasteiger partial charge < -0.3 is 16.4 Å². The van der Waals surface area contributed by atoms with Crippen LogP contribution in [0.15, 0.2) is 71.8 Å². The highest BCUT2D eigenvalue weighted by Crippen LogP contribution is 2.22. The minimum atomic E-state index is -0.666. The molecule has 0 unspecified atom stereocenters. The molecule has 41 heavy (non-hydrogen) atoms. The van der Waals surface area contributed by atoms with E-state index in [-0.39, 0.29) is 16.9 Å². The molecule has 4 heterocycles. The lowest BCUT2D eigenvalue weighted by atomic mass is 10.1. The van der Waals surface area contributed by atoms with Crippen LogP contribution in [0.25, 0.3) is 22.2 Å². The van der Waals surface area contributed by atoms with Crippen molar-refractivity contribution in [2.45, 2.75) is 13.0 Å². The lowest BCUT2D eigenvalue weighted by molar-refractivity contribution is 0.0940. The summed E-state index contributed by atoms with van der Waals surface area (Å²) in [4.78, 5) is 39.0. The van der Waals surface area contributed by atoms with Crippen LogP contribution in [0.1, 0.15) is 34.7 Å². The normalized spacial score (nSPS) is 14.5. The first kappa shape index (κ1) is 26.2. The van der Waals surface area contributed by atoms with E-state index >= 15 is 0 Å². The molecule has 11 heteroatoms. The summed E-state index contributed by atoms with van der Waals surface area (Å²) >= 11 is 0. The number of carbonyl (C=O) groups excluding carboxylic acids is 1. The summed E-state index contributed by atoms with van der Waals surface area (Å²) in [5.74, 6) is 6.41. The molecule has 1 atom stereocenters. The van der Waals surface area contributed by atoms with Crippen molar-refractivity contribution >= 4 is 28.3 Å². The van der Waals surface area contributed by atoms with Gasteiger partial charge in [0, 0.05) is 44.1 Å². The van der Waals surface area contributed by atoms with Crippen LogP contribution in [-0.4, -0.2) is 67.7 Å². The van der Waals surface area contributed by atoms with Gasteiger partial charge >= 0.3 is 0 Å². The average Bonchev–Trinajstić information content (AvgIpc) is 3.33. The fourth-order valence-corrected chi connectivity index (χ4v) is 5.04. The SMILES string of the molecule is C[C@@H](NC(=O)c1c(N)nn2cccnc12)c1nc2cccc(C#CCN3CCNCC3)c2c(=O)n1-c1ccccc1. The topological polar surface area (TPSA) is 135 Å². The van der Waals surface area contributed by atoms with Crippen molar-refractivity contribution in [2.24, 2.45) is 0 Å². The molecular weight excluding hydrogens is 518 g/mol. The largest absolute Gasteiger partial charge is 0.381 e. The average molecular weight is 548 g/mol. The van der Waals surface area contributed by atoms with Gasteiger partial charge in [0.2, 0.25) is 0 Å². The Morgan fingerprint density at radius 3 is 2.73 bits per heavy atom. The second-order valence-corrected chi connectivity index (χ2v) is 9.82. The summed E-state index contributed by atoms with van der Waals surface area (Å²) in [6.45, 7) is 6.17. The molecule has 3 aromatic heterocycles. The molecule has 0 saturated carbocycles. The molecule has 6 rings (SSSR count). The Morgan fingerprint density at radius 2 is 1.93 bits per heavy atom. The maximum atomic E-state index is 14.2. The number of piperazine rings is 1. The van der Waals surface area contributed by atoms with Crippen LogP contribution in [0.4, 0.5) is 5.82 Å². The Bertz CT molecular complexity index is 1860. The Labute approximate surface area is 236 Å². The standard InChI is InChI=1S/C30H29N9O2/c1-20(34-29(40)25-26(31)36-38-17-7-13-33-28(25)38)27-35-23-12-5-8-21(9-6-16-37-18-14-32-15-19-37)24(23)30(41)39(27)22-10-3-2-4-11-22/h2-5,7-8,10-13,17,20,32H,14-16,18-19H2,1H3,(H2,31,36)(H,34,40)/t20-/m1/s1. The summed E-state index contributed by atoms with van der Waals surface area (Å²) in [7, 11) is 0. The van der Waals surface area contributed by atoms with E-state index in [1.165, 1.54) is 9.08 Å². The van der Waals surface area contributed by atoms with Gasteiger partial charge in [-0.1, -0.05) is 36.1 Å². The molecule has 1 aliphatic rings. The summed E-state index contributed by atoms with van der Waals surface area (Å²) < 4.78 is 2.99. The maximum Gasteiger partial charge on any atom is 0.267 e. The Hall–Kier alpha value is -5.05. The van der Waals surface area contributed by atoms with Crippen LogP contribution in [0.3, 0.4) is 0 Å². The molecule has 1 amide bonds. The number of benzene rings is 2. The van der Waals surface area contributed by atoms with Crippen LogP contribution in [0, 0.1) is 11.8 Å². The van der Waals surface area contributed by atoms with Gasteiger partial charge in [-0.2, -0.15) is 0 Å². The molecule has 0 spiro atoms. The van der Waals surface area contributed by atoms with E-state index in [9.17, 15) is 9.59 Å². The molecule has 0 bridgehead atoms. The quantitative estimate of drug-likeness (QED) is 0.283. The minimum absolute atomic E-state index is 0.0596. The van der Waals surface area contributed by atoms with Crippen LogP contribution in [0.2, 0.25) is 0 Å². The number of hydrogen-bond acceptors (Lipinski definition) is 8. The second-order valence-electron chi connectivity index (χ2n) is 9.82. The molecule has 206 valence electrons. The van der Waals surface area contributed by atoms with Crippen molar-refractivity contribution in [3.05, 3.63) is 94.3 Å². The van der Waals surface area contributed by atoms with E-state index in [1.807, 2.05) is 42.5 Å². The highest BCUT2D eigenvalue weighted by Gasteiger charge is 2.24. The number of para-hydroxylation sites is 1. The van der Waals surface area contributed by atoms with E-state index in [2.05, 4.69) is 37.5 Å². The van der Waals surface area contributed by atoms with E-state index in [1.54, 1.807) is 31.5 Å². The lowest BCUT2D eigenvalue weighted by Crippen LogP contribution is -2.43. The number of fused-ring (bicyclic) bond motifs is 2. The zero-order chi connectivity index (χ0) is 28.3. The van der Waals surface area contributed by atoms with Crippen LogP contribution in [0.5, 0.6) is 0 Å². The first-order valence-electron chi connectivity index (χ1n) is 13.4. The molecular formula is C30H29N9O2. The van der Waals surface area contributed by atoms with Gasteiger partial charge in [0.05, 0.1) is 29.2 Å². The number of anilines is 1. The zero-order valence-electron chi connectivity index (χ0n) is 22.5. The number of nitrogen functional groups attached to an aromatic ring is 1.